The molecule has 3 nitrogen and oxygen atoms in total. The minimum absolute atomic E-state index is 0.133. The normalized spacial score (nSPS) is 10.8. The molecule has 0 bridgehead atoms. The number of hydrogen-bond acceptors (Lipinski definition) is 2. The van der Waals surface area contributed by atoms with Crippen LogP contribution in [0.2, 0.25) is 0 Å². The molecule has 0 radical (unpaired) electrons. The molecule has 2 aromatic heterocycles. The summed E-state index contributed by atoms with van der Waals surface area (Å²) in [4.78, 5) is 15.9. The smallest absolute Gasteiger partial charge is 0.180 e. The van der Waals surface area contributed by atoms with Crippen molar-refractivity contribution in [2.75, 3.05) is 0 Å². The Morgan fingerprint density at radius 3 is 2.63 bits per heavy atom. The molecule has 0 aliphatic rings. The first-order valence-electron chi connectivity index (χ1n) is 5.91. The standard InChI is InChI=1S/C15H11FN2O/c1-10(19)14-13-8-4-5-9-18(13)15(17-14)11-6-2-3-7-12(11)16/h2-9H,1H3. The van der Waals surface area contributed by atoms with E-state index in [1.165, 1.54) is 13.0 Å². The third-order valence-electron chi connectivity index (χ3n) is 3.00. The first-order valence-corrected chi connectivity index (χ1v) is 5.91. The zero-order chi connectivity index (χ0) is 13.4. The Morgan fingerprint density at radius 1 is 1.16 bits per heavy atom. The highest BCUT2D eigenvalue weighted by Crippen LogP contribution is 2.25. The monoisotopic (exact) mass is 254 g/mol. The zero-order valence-corrected chi connectivity index (χ0v) is 10.3. The van der Waals surface area contributed by atoms with Gasteiger partial charge in [0.25, 0.3) is 0 Å². The number of carbonyl (C=O) groups is 1. The Kier molecular flexibility index (Phi) is 2.63. The van der Waals surface area contributed by atoms with Gasteiger partial charge in [0, 0.05) is 13.1 Å². The van der Waals surface area contributed by atoms with Crippen molar-refractivity contribution in [3.63, 3.8) is 0 Å². The van der Waals surface area contributed by atoms with E-state index in [-0.39, 0.29) is 11.6 Å². The van der Waals surface area contributed by atoms with E-state index >= 15 is 0 Å². The fourth-order valence-corrected chi connectivity index (χ4v) is 2.13. The molecular formula is C15H11FN2O. The lowest BCUT2D eigenvalue weighted by Crippen LogP contribution is -1.92. The minimum atomic E-state index is -0.353. The molecule has 1 aromatic carbocycles. The molecule has 0 saturated heterocycles. The number of rotatable bonds is 2. The maximum Gasteiger partial charge on any atom is 0.180 e. The molecule has 0 aliphatic carbocycles. The molecule has 0 unspecified atom stereocenters. The van der Waals surface area contributed by atoms with Gasteiger partial charge >= 0.3 is 0 Å². The first-order chi connectivity index (χ1) is 9.18. The summed E-state index contributed by atoms with van der Waals surface area (Å²) in [5.74, 6) is -0.0430. The molecule has 0 aliphatic heterocycles. The number of imidazole rings is 1. The van der Waals surface area contributed by atoms with Gasteiger partial charge in [-0.2, -0.15) is 0 Å². The second-order valence-corrected chi connectivity index (χ2v) is 4.28. The Bertz CT molecular complexity index is 777. The summed E-state index contributed by atoms with van der Waals surface area (Å²) >= 11 is 0. The van der Waals surface area contributed by atoms with Crippen molar-refractivity contribution in [1.29, 1.82) is 0 Å². The molecule has 94 valence electrons. The fourth-order valence-electron chi connectivity index (χ4n) is 2.13. The number of halogens is 1. The van der Waals surface area contributed by atoms with Crippen LogP contribution in [0.4, 0.5) is 4.39 Å². The summed E-state index contributed by atoms with van der Waals surface area (Å²) in [6, 6.07) is 11.9. The van der Waals surface area contributed by atoms with Crippen LogP contribution in [0.15, 0.2) is 48.7 Å². The number of carbonyl (C=O) groups excluding carboxylic acids is 1. The Morgan fingerprint density at radius 2 is 1.89 bits per heavy atom. The van der Waals surface area contributed by atoms with Crippen LogP contribution in [-0.4, -0.2) is 15.2 Å². The largest absolute Gasteiger partial charge is 0.299 e. The molecule has 0 atom stereocenters. The van der Waals surface area contributed by atoms with Gasteiger partial charge in [-0.3, -0.25) is 9.20 Å². The van der Waals surface area contributed by atoms with Crippen molar-refractivity contribution >= 4 is 11.3 Å². The molecule has 0 spiro atoms. The summed E-state index contributed by atoms with van der Waals surface area (Å²) < 4.78 is 15.6. The van der Waals surface area contributed by atoms with Gasteiger partial charge in [0.15, 0.2) is 5.78 Å². The number of ketones is 1. The summed E-state index contributed by atoms with van der Waals surface area (Å²) in [6.07, 6.45) is 1.77. The van der Waals surface area contributed by atoms with Gasteiger partial charge in [-0.15, -0.1) is 0 Å². The van der Waals surface area contributed by atoms with Gasteiger partial charge in [-0.1, -0.05) is 18.2 Å². The summed E-state index contributed by atoms with van der Waals surface area (Å²) in [5, 5.41) is 0. The van der Waals surface area contributed by atoms with Gasteiger partial charge in [0.2, 0.25) is 0 Å². The Hall–Kier alpha value is -2.49. The molecule has 0 saturated carbocycles. The fraction of sp³-hybridized carbons (Fsp3) is 0.0667. The lowest BCUT2D eigenvalue weighted by molar-refractivity contribution is 0.101. The van der Waals surface area contributed by atoms with Crippen LogP contribution >= 0.6 is 0 Å². The van der Waals surface area contributed by atoms with Gasteiger partial charge < -0.3 is 0 Å². The number of aromatic nitrogens is 2. The minimum Gasteiger partial charge on any atom is -0.299 e. The van der Waals surface area contributed by atoms with E-state index in [0.29, 0.717) is 22.6 Å². The molecule has 0 fully saturated rings. The number of Topliss-reactive ketones (excluding diaryl/α,β-unsaturated/α-hetero) is 1. The molecule has 0 N–H and O–H groups in total. The van der Waals surface area contributed by atoms with E-state index in [4.69, 9.17) is 0 Å². The maximum atomic E-state index is 13.9. The number of benzene rings is 1. The van der Waals surface area contributed by atoms with E-state index in [9.17, 15) is 9.18 Å². The predicted octanol–water partition coefficient (Wildman–Crippen LogP) is 3.34. The number of hydrogen-bond donors (Lipinski definition) is 0. The third-order valence-corrected chi connectivity index (χ3v) is 3.00. The van der Waals surface area contributed by atoms with Crippen LogP contribution in [0.5, 0.6) is 0 Å². The topological polar surface area (TPSA) is 34.4 Å². The van der Waals surface area contributed by atoms with E-state index in [1.54, 1.807) is 34.9 Å². The SMILES string of the molecule is CC(=O)c1nc(-c2ccccc2F)n2ccccc12. The van der Waals surface area contributed by atoms with Crippen molar-refractivity contribution in [2.24, 2.45) is 0 Å². The highest BCUT2D eigenvalue weighted by atomic mass is 19.1. The third kappa shape index (κ3) is 1.81. The second-order valence-electron chi connectivity index (χ2n) is 4.28. The van der Waals surface area contributed by atoms with Crippen LogP contribution in [0, 0.1) is 5.82 Å². The maximum absolute atomic E-state index is 13.9. The number of fused-ring (bicyclic) bond motifs is 1. The van der Waals surface area contributed by atoms with Gasteiger partial charge in [-0.25, -0.2) is 9.37 Å². The summed E-state index contributed by atoms with van der Waals surface area (Å²) in [5.41, 5.74) is 1.43. The zero-order valence-electron chi connectivity index (χ0n) is 10.3. The van der Waals surface area contributed by atoms with Crippen molar-refractivity contribution in [3.05, 3.63) is 60.2 Å². The van der Waals surface area contributed by atoms with Crippen LogP contribution in [0.1, 0.15) is 17.4 Å². The van der Waals surface area contributed by atoms with Crippen molar-refractivity contribution in [3.8, 4) is 11.4 Å². The van der Waals surface area contributed by atoms with E-state index in [1.807, 2.05) is 12.1 Å². The van der Waals surface area contributed by atoms with Crippen molar-refractivity contribution < 1.29 is 9.18 Å². The van der Waals surface area contributed by atoms with Crippen LogP contribution in [-0.2, 0) is 0 Å². The number of pyridine rings is 1. The quantitative estimate of drug-likeness (QED) is 0.657. The highest BCUT2D eigenvalue weighted by molar-refractivity contribution is 5.99. The molecular weight excluding hydrogens is 243 g/mol. The molecule has 4 heteroatoms. The van der Waals surface area contributed by atoms with Gasteiger partial charge in [0.05, 0.1) is 11.1 Å². The molecule has 3 aromatic rings. The van der Waals surface area contributed by atoms with Gasteiger partial charge in [0.1, 0.15) is 17.3 Å². The van der Waals surface area contributed by atoms with E-state index in [0.717, 1.165) is 0 Å². The predicted molar refractivity (Wildman–Crippen MR) is 70.6 cm³/mol. The average molecular weight is 254 g/mol. The molecule has 19 heavy (non-hydrogen) atoms. The van der Waals surface area contributed by atoms with E-state index in [2.05, 4.69) is 4.98 Å². The van der Waals surface area contributed by atoms with Crippen LogP contribution in [0.25, 0.3) is 16.9 Å². The van der Waals surface area contributed by atoms with Crippen LogP contribution in [0.3, 0.4) is 0 Å². The van der Waals surface area contributed by atoms with E-state index < -0.39 is 0 Å². The Labute approximate surface area is 109 Å². The number of nitrogens with zero attached hydrogens (tertiary/aromatic N) is 2. The summed E-state index contributed by atoms with van der Waals surface area (Å²) in [7, 11) is 0. The first kappa shape index (κ1) is 11.6. The average Bonchev–Trinajstić information content (AvgIpc) is 2.79. The molecule has 2 heterocycles. The Balaban J connectivity index is 2.37. The van der Waals surface area contributed by atoms with Crippen molar-refractivity contribution in [1.82, 2.24) is 9.38 Å². The molecule has 3 rings (SSSR count). The van der Waals surface area contributed by atoms with Crippen LogP contribution < -0.4 is 0 Å². The second kappa shape index (κ2) is 4.31. The van der Waals surface area contributed by atoms with Gasteiger partial charge in [-0.05, 0) is 24.3 Å². The highest BCUT2D eigenvalue weighted by Gasteiger charge is 2.17. The lowest BCUT2D eigenvalue weighted by Gasteiger charge is -2.01. The lowest BCUT2D eigenvalue weighted by atomic mass is 10.2. The molecule has 0 amide bonds. The summed E-state index contributed by atoms with van der Waals surface area (Å²) in [6.45, 7) is 1.46. The van der Waals surface area contributed by atoms with Crippen molar-refractivity contribution in [2.45, 2.75) is 6.92 Å².